The first-order chi connectivity index (χ1) is 9.97. The fourth-order valence-corrected chi connectivity index (χ4v) is 1.75. The van der Waals surface area contributed by atoms with Gasteiger partial charge in [-0.25, -0.2) is 4.68 Å². The van der Waals surface area contributed by atoms with E-state index in [9.17, 15) is 9.59 Å². The SMILES string of the molecule is Cc1ccc(NC(=O)C(N)CC(N)=O)cc1-n1cnnn1.Cl. The molecule has 5 N–H and O–H groups in total. The van der Waals surface area contributed by atoms with Gasteiger partial charge in [0.25, 0.3) is 0 Å². The van der Waals surface area contributed by atoms with Gasteiger partial charge in [-0.15, -0.1) is 17.5 Å². The molecule has 118 valence electrons. The summed E-state index contributed by atoms with van der Waals surface area (Å²) >= 11 is 0. The molecule has 1 aromatic heterocycles. The minimum absolute atomic E-state index is 0. The van der Waals surface area contributed by atoms with Crippen molar-refractivity contribution in [3.63, 3.8) is 0 Å². The van der Waals surface area contributed by atoms with Gasteiger partial charge >= 0.3 is 0 Å². The third-order valence-corrected chi connectivity index (χ3v) is 2.83. The molecule has 0 radical (unpaired) electrons. The number of anilines is 1. The van der Waals surface area contributed by atoms with Crippen LogP contribution in [0.4, 0.5) is 5.69 Å². The predicted molar refractivity (Wildman–Crippen MR) is 81.6 cm³/mol. The van der Waals surface area contributed by atoms with Crippen LogP contribution < -0.4 is 16.8 Å². The molecule has 0 fully saturated rings. The van der Waals surface area contributed by atoms with E-state index in [-0.39, 0.29) is 18.8 Å². The number of hydrogen-bond acceptors (Lipinski definition) is 6. The molecule has 2 amide bonds. The van der Waals surface area contributed by atoms with Gasteiger partial charge in [-0.3, -0.25) is 9.59 Å². The summed E-state index contributed by atoms with van der Waals surface area (Å²) in [6.07, 6.45) is 1.24. The maximum Gasteiger partial charge on any atom is 0.241 e. The molecule has 1 atom stereocenters. The fourth-order valence-electron chi connectivity index (χ4n) is 1.75. The van der Waals surface area contributed by atoms with E-state index in [0.29, 0.717) is 5.69 Å². The standard InChI is InChI=1S/C12H15N7O2.ClH/c1-7-2-3-8(4-10(7)19-6-15-17-18-19)16-12(21)9(13)5-11(14)20;/h2-4,6,9H,5,13H2,1H3,(H2,14,20)(H,16,21);1H. The molecule has 2 aromatic rings. The molecule has 1 unspecified atom stereocenters. The number of hydrogen-bond donors (Lipinski definition) is 3. The number of benzene rings is 1. The van der Waals surface area contributed by atoms with Crippen molar-refractivity contribution in [3.8, 4) is 5.69 Å². The van der Waals surface area contributed by atoms with E-state index in [1.165, 1.54) is 11.0 Å². The van der Waals surface area contributed by atoms with E-state index in [1.54, 1.807) is 12.1 Å². The molecule has 0 saturated carbocycles. The maximum absolute atomic E-state index is 11.8. The Kier molecular flexibility index (Phi) is 5.96. The predicted octanol–water partition coefficient (Wildman–Crippen LogP) is -0.466. The van der Waals surface area contributed by atoms with Crippen LogP contribution in [0.3, 0.4) is 0 Å². The molecule has 1 aromatic carbocycles. The first-order valence-electron chi connectivity index (χ1n) is 6.16. The topological polar surface area (TPSA) is 142 Å². The first-order valence-corrected chi connectivity index (χ1v) is 6.16. The van der Waals surface area contributed by atoms with Gasteiger partial charge in [0, 0.05) is 5.69 Å². The molecule has 9 nitrogen and oxygen atoms in total. The average Bonchev–Trinajstić information content (AvgIpc) is 2.94. The molecule has 0 aliphatic heterocycles. The number of amides is 2. The number of carbonyl (C=O) groups is 2. The lowest BCUT2D eigenvalue weighted by Crippen LogP contribution is -2.39. The quantitative estimate of drug-likeness (QED) is 0.678. The van der Waals surface area contributed by atoms with Crippen molar-refractivity contribution in [2.75, 3.05) is 5.32 Å². The van der Waals surface area contributed by atoms with Crippen LogP contribution in [0.5, 0.6) is 0 Å². The second-order valence-corrected chi connectivity index (χ2v) is 4.52. The smallest absolute Gasteiger partial charge is 0.241 e. The van der Waals surface area contributed by atoms with Gasteiger partial charge in [-0.05, 0) is 35.0 Å². The summed E-state index contributed by atoms with van der Waals surface area (Å²) in [7, 11) is 0. The number of tetrazole rings is 1. The van der Waals surface area contributed by atoms with E-state index in [2.05, 4.69) is 20.8 Å². The highest BCUT2D eigenvalue weighted by atomic mass is 35.5. The molecule has 10 heteroatoms. The number of primary amides is 1. The summed E-state index contributed by atoms with van der Waals surface area (Å²) in [6.45, 7) is 1.89. The number of aryl methyl sites for hydroxylation is 1. The second kappa shape index (κ2) is 7.48. The summed E-state index contributed by atoms with van der Waals surface area (Å²) in [4.78, 5) is 22.6. The van der Waals surface area contributed by atoms with Crippen LogP contribution in [0.2, 0.25) is 0 Å². The van der Waals surface area contributed by atoms with E-state index < -0.39 is 17.9 Å². The van der Waals surface area contributed by atoms with Crippen molar-refractivity contribution in [3.05, 3.63) is 30.1 Å². The summed E-state index contributed by atoms with van der Waals surface area (Å²) in [5.41, 5.74) is 12.8. The number of nitrogens with two attached hydrogens (primary N) is 2. The third-order valence-electron chi connectivity index (χ3n) is 2.83. The van der Waals surface area contributed by atoms with E-state index in [1.807, 2.05) is 13.0 Å². The summed E-state index contributed by atoms with van der Waals surface area (Å²) in [6, 6.07) is 4.26. The van der Waals surface area contributed by atoms with Gasteiger partial charge in [0.2, 0.25) is 11.8 Å². The van der Waals surface area contributed by atoms with Crippen molar-refractivity contribution >= 4 is 29.9 Å². The van der Waals surface area contributed by atoms with Crippen molar-refractivity contribution < 1.29 is 9.59 Å². The largest absolute Gasteiger partial charge is 0.370 e. The molecule has 2 rings (SSSR count). The van der Waals surface area contributed by atoms with Crippen molar-refractivity contribution in [2.45, 2.75) is 19.4 Å². The molecule has 0 bridgehead atoms. The van der Waals surface area contributed by atoms with Gasteiger partial charge in [-0.1, -0.05) is 6.07 Å². The number of aromatic nitrogens is 4. The second-order valence-electron chi connectivity index (χ2n) is 4.52. The number of rotatable bonds is 5. The number of halogens is 1. The number of carbonyl (C=O) groups excluding carboxylic acids is 2. The van der Waals surface area contributed by atoms with Crippen molar-refractivity contribution in [1.29, 1.82) is 0 Å². The third kappa shape index (κ3) is 4.24. The normalized spacial score (nSPS) is 11.4. The Balaban J connectivity index is 0.00000242. The van der Waals surface area contributed by atoms with Crippen LogP contribution in [0.1, 0.15) is 12.0 Å². The zero-order valence-electron chi connectivity index (χ0n) is 11.8. The molecule has 0 saturated heterocycles. The Morgan fingerprint density at radius 1 is 1.41 bits per heavy atom. The zero-order chi connectivity index (χ0) is 15.4. The van der Waals surface area contributed by atoms with Crippen LogP contribution >= 0.6 is 12.4 Å². The molecule has 0 spiro atoms. The van der Waals surface area contributed by atoms with Crippen molar-refractivity contribution in [1.82, 2.24) is 20.2 Å². The first kappa shape index (κ1) is 17.5. The van der Waals surface area contributed by atoms with E-state index in [0.717, 1.165) is 11.3 Å². The lowest BCUT2D eigenvalue weighted by atomic mass is 10.1. The van der Waals surface area contributed by atoms with Gasteiger partial charge < -0.3 is 16.8 Å². The van der Waals surface area contributed by atoms with E-state index in [4.69, 9.17) is 11.5 Å². The van der Waals surface area contributed by atoms with Crippen LogP contribution in [0.15, 0.2) is 24.5 Å². The average molecular weight is 326 g/mol. The zero-order valence-corrected chi connectivity index (χ0v) is 12.6. The highest BCUT2D eigenvalue weighted by molar-refractivity contribution is 5.97. The molecule has 0 aliphatic rings. The number of nitrogens with zero attached hydrogens (tertiary/aromatic N) is 4. The van der Waals surface area contributed by atoms with Gasteiger partial charge in [0.1, 0.15) is 6.33 Å². The minimum Gasteiger partial charge on any atom is -0.370 e. The minimum atomic E-state index is -0.986. The maximum atomic E-state index is 11.8. The van der Waals surface area contributed by atoms with Gasteiger partial charge in [0.05, 0.1) is 18.2 Å². The van der Waals surface area contributed by atoms with Crippen molar-refractivity contribution in [2.24, 2.45) is 11.5 Å². The molecular formula is C12H16ClN7O2. The van der Waals surface area contributed by atoms with Crippen LogP contribution in [-0.2, 0) is 9.59 Å². The van der Waals surface area contributed by atoms with Crippen LogP contribution in [0, 0.1) is 6.92 Å². The Morgan fingerprint density at radius 2 is 2.14 bits per heavy atom. The highest BCUT2D eigenvalue weighted by Gasteiger charge is 2.16. The molecular weight excluding hydrogens is 310 g/mol. The fraction of sp³-hybridized carbons (Fsp3) is 0.250. The van der Waals surface area contributed by atoms with Gasteiger partial charge in [0.15, 0.2) is 0 Å². The lowest BCUT2D eigenvalue weighted by Gasteiger charge is -2.12. The Bertz CT molecular complexity index is 659. The summed E-state index contributed by atoms with van der Waals surface area (Å²) in [5.74, 6) is -1.11. The van der Waals surface area contributed by atoms with Crippen LogP contribution in [-0.4, -0.2) is 38.1 Å². The summed E-state index contributed by atoms with van der Waals surface area (Å²) < 4.78 is 1.48. The highest BCUT2D eigenvalue weighted by Crippen LogP contribution is 2.18. The lowest BCUT2D eigenvalue weighted by molar-refractivity contribution is -0.123. The Labute approximate surface area is 132 Å². The van der Waals surface area contributed by atoms with E-state index >= 15 is 0 Å². The summed E-state index contributed by atoms with van der Waals surface area (Å²) in [5, 5.41) is 13.6. The Hall–Kier alpha value is -2.52. The van der Waals surface area contributed by atoms with Gasteiger partial charge in [-0.2, -0.15) is 0 Å². The molecule has 22 heavy (non-hydrogen) atoms. The number of nitrogens with one attached hydrogen (secondary N) is 1. The monoisotopic (exact) mass is 325 g/mol. The molecule has 0 aliphatic carbocycles. The molecule has 1 heterocycles. The van der Waals surface area contributed by atoms with Crippen LogP contribution in [0.25, 0.3) is 5.69 Å². The Morgan fingerprint density at radius 3 is 2.73 bits per heavy atom.